The van der Waals surface area contributed by atoms with E-state index in [1.807, 2.05) is 6.92 Å². The molecule has 0 radical (unpaired) electrons. The third-order valence-electron chi connectivity index (χ3n) is 1.66. The fourth-order valence-corrected chi connectivity index (χ4v) is 1.03. The summed E-state index contributed by atoms with van der Waals surface area (Å²) in [6, 6.07) is 0. The van der Waals surface area contributed by atoms with E-state index in [0.717, 1.165) is 6.42 Å². The van der Waals surface area contributed by atoms with E-state index in [-0.39, 0.29) is 12.2 Å². The van der Waals surface area contributed by atoms with Gasteiger partial charge in [-0.25, -0.2) is 0 Å². The first-order chi connectivity index (χ1) is 4.84. The molecule has 0 spiro atoms. The summed E-state index contributed by atoms with van der Waals surface area (Å²) in [4.78, 5) is 0. The van der Waals surface area contributed by atoms with Crippen LogP contribution in [0.25, 0.3) is 0 Å². The fourth-order valence-electron chi connectivity index (χ4n) is 1.03. The minimum absolute atomic E-state index is 0.0834. The first-order valence-corrected chi connectivity index (χ1v) is 3.72. The second-order valence-electron chi connectivity index (χ2n) is 2.42. The average Bonchev–Trinajstić information content (AvgIpc) is 2.31. The SMILES string of the molecule is CCOCC1OCCC1O. The van der Waals surface area contributed by atoms with Gasteiger partial charge in [0.15, 0.2) is 0 Å². The Morgan fingerprint density at radius 1 is 1.70 bits per heavy atom. The summed E-state index contributed by atoms with van der Waals surface area (Å²) in [6.45, 7) is 3.81. The molecule has 2 atom stereocenters. The van der Waals surface area contributed by atoms with Gasteiger partial charge >= 0.3 is 0 Å². The lowest BCUT2D eigenvalue weighted by Gasteiger charge is -2.12. The highest BCUT2D eigenvalue weighted by Crippen LogP contribution is 2.12. The van der Waals surface area contributed by atoms with E-state index in [0.29, 0.717) is 19.8 Å². The fraction of sp³-hybridized carbons (Fsp3) is 1.00. The Balaban J connectivity index is 2.14. The van der Waals surface area contributed by atoms with Gasteiger partial charge in [0, 0.05) is 13.2 Å². The quantitative estimate of drug-likeness (QED) is 0.617. The Morgan fingerprint density at radius 3 is 3.00 bits per heavy atom. The van der Waals surface area contributed by atoms with Gasteiger partial charge < -0.3 is 14.6 Å². The van der Waals surface area contributed by atoms with Gasteiger partial charge in [0.25, 0.3) is 0 Å². The van der Waals surface area contributed by atoms with Gasteiger partial charge in [-0.1, -0.05) is 0 Å². The Labute approximate surface area is 60.9 Å². The van der Waals surface area contributed by atoms with E-state index in [2.05, 4.69) is 0 Å². The molecule has 2 unspecified atom stereocenters. The molecule has 0 saturated carbocycles. The predicted molar refractivity (Wildman–Crippen MR) is 36.9 cm³/mol. The summed E-state index contributed by atoms with van der Waals surface area (Å²) in [5.41, 5.74) is 0. The van der Waals surface area contributed by atoms with E-state index in [4.69, 9.17) is 9.47 Å². The molecule has 1 saturated heterocycles. The Kier molecular flexibility index (Phi) is 3.12. The summed E-state index contributed by atoms with van der Waals surface area (Å²) in [5, 5.41) is 9.21. The zero-order valence-corrected chi connectivity index (χ0v) is 6.25. The largest absolute Gasteiger partial charge is 0.390 e. The van der Waals surface area contributed by atoms with Crippen molar-refractivity contribution in [3.8, 4) is 0 Å². The van der Waals surface area contributed by atoms with Crippen molar-refractivity contribution in [1.29, 1.82) is 0 Å². The van der Waals surface area contributed by atoms with Crippen molar-refractivity contribution in [3.63, 3.8) is 0 Å². The van der Waals surface area contributed by atoms with E-state index >= 15 is 0 Å². The van der Waals surface area contributed by atoms with Gasteiger partial charge in [0.1, 0.15) is 6.10 Å². The lowest BCUT2D eigenvalue weighted by molar-refractivity contribution is -0.0210. The van der Waals surface area contributed by atoms with Crippen LogP contribution in [-0.4, -0.2) is 37.1 Å². The standard InChI is InChI=1S/C7H14O3/c1-2-9-5-7-6(8)3-4-10-7/h6-8H,2-5H2,1H3. The number of aliphatic hydroxyl groups is 1. The zero-order valence-electron chi connectivity index (χ0n) is 6.25. The number of hydrogen-bond donors (Lipinski definition) is 1. The van der Waals surface area contributed by atoms with Crippen LogP contribution in [0.3, 0.4) is 0 Å². The molecule has 10 heavy (non-hydrogen) atoms. The molecule has 0 aromatic heterocycles. The maximum absolute atomic E-state index is 9.21. The van der Waals surface area contributed by atoms with Gasteiger partial charge in [-0.2, -0.15) is 0 Å². The van der Waals surface area contributed by atoms with Crippen LogP contribution in [-0.2, 0) is 9.47 Å². The summed E-state index contributed by atoms with van der Waals surface area (Å²) in [7, 11) is 0. The van der Waals surface area contributed by atoms with Crippen molar-refractivity contribution in [1.82, 2.24) is 0 Å². The second kappa shape index (κ2) is 3.91. The van der Waals surface area contributed by atoms with Crippen molar-refractivity contribution in [2.45, 2.75) is 25.6 Å². The molecule has 0 aromatic carbocycles. The van der Waals surface area contributed by atoms with Gasteiger partial charge in [0.05, 0.1) is 12.7 Å². The number of hydrogen-bond acceptors (Lipinski definition) is 3. The van der Waals surface area contributed by atoms with E-state index in [9.17, 15) is 5.11 Å². The normalized spacial score (nSPS) is 33.0. The Hall–Kier alpha value is -0.120. The van der Waals surface area contributed by atoms with Crippen molar-refractivity contribution < 1.29 is 14.6 Å². The molecule has 0 aliphatic carbocycles. The molecule has 60 valence electrons. The molecule has 1 aliphatic heterocycles. The molecular weight excluding hydrogens is 132 g/mol. The predicted octanol–water partition coefficient (Wildman–Crippen LogP) is 0.173. The molecule has 1 rings (SSSR count). The summed E-state index contributed by atoms with van der Waals surface area (Å²) >= 11 is 0. The monoisotopic (exact) mass is 146 g/mol. The van der Waals surface area contributed by atoms with Crippen LogP contribution in [0.5, 0.6) is 0 Å². The van der Waals surface area contributed by atoms with Crippen molar-refractivity contribution >= 4 is 0 Å². The molecule has 1 heterocycles. The van der Waals surface area contributed by atoms with Crippen LogP contribution in [0.4, 0.5) is 0 Å². The van der Waals surface area contributed by atoms with E-state index < -0.39 is 0 Å². The van der Waals surface area contributed by atoms with Crippen LogP contribution in [0, 0.1) is 0 Å². The molecule has 0 amide bonds. The smallest absolute Gasteiger partial charge is 0.107 e. The minimum atomic E-state index is -0.313. The maximum atomic E-state index is 9.21. The zero-order chi connectivity index (χ0) is 7.40. The molecule has 1 aliphatic rings. The van der Waals surface area contributed by atoms with Crippen molar-refractivity contribution in [3.05, 3.63) is 0 Å². The lowest BCUT2D eigenvalue weighted by Crippen LogP contribution is -2.26. The third kappa shape index (κ3) is 1.94. The summed E-state index contributed by atoms with van der Waals surface area (Å²) in [6.07, 6.45) is 0.351. The number of aliphatic hydroxyl groups excluding tert-OH is 1. The first-order valence-electron chi connectivity index (χ1n) is 3.72. The van der Waals surface area contributed by atoms with Crippen LogP contribution < -0.4 is 0 Å². The van der Waals surface area contributed by atoms with Gasteiger partial charge in [-0.3, -0.25) is 0 Å². The molecule has 1 N–H and O–H groups in total. The first kappa shape index (κ1) is 7.98. The van der Waals surface area contributed by atoms with Crippen molar-refractivity contribution in [2.75, 3.05) is 19.8 Å². The van der Waals surface area contributed by atoms with Gasteiger partial charge in [-0.05, 0) is 13.3 Å². The van der Waals surface area contributed by atoms with Crippen LogP contribution in [0.15, 0.2) is 0 Å². The van der Waals surface area contributed by atoms with E-state index in [1.54, 1.807) is 0 Å². The van der Waals surface area contributed by atoms with E-state index in [1.165, 1.54) is 0 Å². The highest BCUT2D eigenvalue weighted by Gasteiger charge is 2.25. The summed E-state index contributed by atoms with van der Waals surface area (Å²) in [5.74, 6) is 0. The minimum Gasteiger partial charge on any atom is -0.390 e. The molecule has 1 fully saturated rings. The maximum Gasteiger partial charge on any atom is 0.107 e. The molecule has 0 aromatic rings. The average molecular weight is 146 g/mol. The molecule has 3 nitrogen and oxygen atoms in total. The van der Waals surface area contributed by atoms with Gasteiger partial charge in [-0.15, -0.1) is 0 Å². The van der Waals surface area contributed by atoms with Gasteiger partial charge in [0.2, 0.25) is 0 Å². The highest BCUT2D eigenvalue weighted by atomic mass is 16.5. The topological polar surface area (TPSA) is 38.7 Å². The lowest BCUT2D eigenvalue weighted by atomic mass is 10.2. The molecular formula is C7H14O3. The highest BCUT2D eigenvalue weighted by molar-refractivity contribution is 4.74. The van der Waals surface area contributed by atoms with Crippen LogP contribution in [0.1, 0.15) is 13.3 Å². The Morgan fingerprint density at radius 2 is 2.50 bits per heavy atom. The number of ether oxygens (including phenoxy) is 2. The number of rotatable bonds is 3. The second-order valence-corrected chi connectivity index (χ2v) is 2.42. The van der Waals surface area contributed by atoms with Crippen LogP contribution >= 0.6 is 0 Å². The van der Waals surface area contributed by atoms with Crippen molar-refractivity contribution in [2.24, 2.45) is 0 Å². The third-order valence-corrected chi connectivity index (χ3v) is 1.66. The van der Waals surface area contributed by atoms with Crippen LogP contribution in [0.2, 0.25) is 0 Å². The molecule has 3 heteroatoms. The molecule has 0 bridgehead atoms. The Bertz CT molecular complexity index is 94.9. The summed E-state index contributed by atoms with van der Waals surface area (Å²) < 4.78 is 10.3.